The maximum absolute atomic E-state index is 12.4. The van der Waals surface area contributed by atoms with Crippen molar-refractivity contribution in [2.24, 2.45) is 0 Å². The molecule has 3 N–H and O–H groups in total. The van der Waals surface area contributed by atoms with Gasteiger partial charge in [-0.15, -0.1) is 0 Å². The maximum atomic E-state index is 12.4. The van der Waals surface area contributed by atoms with E-state index in [-0.39, 0.29) is 5.91 Å². The fraction of sp³-hybridized carbons (Fsp3) is 0.133. The Hall–Kier alpha value is -1.72. The standard InChI is InChI=1S/C15H14BrClN2O2/c1-8-5-11(16)14(12(18)6-8)19-15(20)10-4-3-9(17)7-13(10)21-2/h3-7H,18H2,1-2H3,(H,19,20). The number of rotatable bonds is 3. The number of carbonyl (C=O) groups is 1. The zero-order valence-electron chi connectivity index (χ0n) is 11.5. The molecule has 2 aromatic rings. The molecule has 2 aromatic carbocycles. The van der Waals surface area contributed by atoms with Crippen molar-refractivity contribution < 1.29 is 9.53 Å². The summed E-state index contributed by atoms with van der Waals surface area (Å²) < 4.78 is 5.90. The molecule has 0 atom stereocenters. The van der Waals surface area contributed by atoms with Crippen LogP contribution in [0.25, 0.3) is 0 Å². The molecule has 110 valence electrons. The number of hydrogen-bond acceptors (Lipinski definition) is 3. The molecule has 0 aromatic heterocycles. The van der Waals surface area contributed by atoms with Gasteiger partial charge >= 0.3 is 0 Å². The first-order valence-electron chi connectivity index (χ1n) is 6.13. The first kappa shape index (κ1) is 15.7. The molecule has 0 spiro atoms. The van der Waals surface area contributed by atoms with Crippen LogP contribution in [0.1, 0.15) is 15.9 Å². The van der Waals surface area contributed by atoms with E-state index in [2.05, 4.69) is 21.2 Å². The molecule has 0 unspecified atom stereocenters. The van der Waals surface area contributed by atoms with Crippen molar-refractivity contribution in [3.63, 3.8) is 0 Å². The first-order valence-corrected chi connectivity index (χ1v) is 7.30. The van der Waals surface area contributed by atoms with Crippen LogP contribution >= 0.6 is 27.5 Å². The summed E-state index contributed by atoms with van der Waals surface area (Å²) in [6.07, 6.45) is 0. The number of methoxy groups -OCH3 is 1. The summed E-state index contributed by atoms with van der Waals surface area (Å²) in [5.41, 5.74) is 8.35. The van der Waals surface area contributed by atoms with Gasteiger partial charge in [0.05, 0.1) is 24.0 Å². The van der Waals surface area contributed by atoms with Gasteiger partial charge in [-0.05, 0) is 58.7 Å². The van der Waals surface area contributed by atoms with Crippen molar-refractivity contribution in [1.82, 2.24) is 0 Å². The minimum Gasteiger partial charge on any atom is -0.496 e. The average molecular weight is 370 g/mol. The van der Waals surface area contributed by atoms with E-state index < -0.39 is 0 Å². The molecule has 2 rings (SSSR count). The molecule has 1 amide bonds. The lowest BCUT2D eigenvalue weighted by molar-refractivity contribution is 0.102. The highest BCUT2D eigenvalue weighted by atomic mass is 79.9. The molecule has 21 heavy (non-hydrogen) atoms. The van der Waals surface area contributed by atoms with Gasteiger partial charge < -0.3 is 15.8 Å². The van der Waals surface area contributed by atoms with Gasteiger partial charge in [-0.3, -0.25) is 4.79 Å². The fourth-order valence-electron chi connectivity index (χ4n) is 1.93. The number of aryl methyl sites for hydroxylation is 1. The normalized spacial score (nSPS) is 10.3. The van der Waals surface area contributed by atoms with Gasteiger partial charge in [0, 0.05) is 9.50 Å². The fourth-order valence-corrected chi connectivity index (χ4v) is 2.79. The second kappa shape index (κ2) is 6.37. The Morgan fingerprint density at radius 3 is 2.67 bits per heavy atom. The van der Waals surface area contributed by atoms with E-state index in [9.17, 15) is 4.79 Å². The van der Waals surface area contributed by atoms with Crippen LogP contribution in [-0.2, 0) is 0 Å². The Kier molecular flexibility index (Phi) is 4.75. The molecule has 0 radical (unpaired) electrons. The molecule has 0 aliphatic heterocycles. The number of halogens is 2. The van der Waals surface area contributed by atoms with Crippen molar-refractivity contribution in [2.75, 3.05) is 18.2 Å². The summed E-state index contributed by atoms with van der Waals surface area (Å²) in [5.74, 6) is 0.0848. The number of amides is 1. The van der Waals surface area contributed by atoms with Gasteiger partial charge in [-0.1, -0.05) is 11.6 Å². The Labute approximate surface area is 136 Å². The summed E-state index contributed by atoms with van der Waals surface area (Å²) in [6, 6.07) is 8.50. The van der Waals surface area contributed by atoms with Crippen LogP contribution in [0.5, 0.6) is 5.75 Å². The van der Waals surface area contributed by atoms with Crippen LogP contribution in [0, 0.1) is 6.92 Å². The van der Waals surface area contributed by atoms with E-state index >= 15 is 0 Å². The van der Waals surface area contributed by atoms with Crippen molar-refractivity contribution in [3.05, 3.63) is 51.0 Å². The van der Waals surface area contributed by atoms with E-state index in [4.69, 9.17) is 22.1 Å². The molecule has 0 saturated heterocycles. The second-order valence-electron chi connectivity index (χ2n) is 4.51. The highest BCUT2D eigenvalue weighted by Crippen LogP contribution is 2.31. The van der Waals surface area contributed by atoms with Gasteiger partial charge in [-0.2, -0.15) is 0 Å². The SMILES string of the molecule is COc1cc(Cl)ccc1C(=O)Nc1c(N)cc(C)cc1Br. The van der Waals surface area contributed by atoms with Crippen molar-refractivity contribution in [2.45, 2.75) is 6.92 Å². The summed E-state index contributed by atoms with van der Waals surface area (Å²) >= 11 is 9.29. The predicted octanol–water partition coefficient (Wildman–Crippen LogP) is 4.25. The summed E-state index contributed by atoms with van der Waals surface area (Å²) in [6.45, 7) is 1.93. The third kappa shape index (κ3) is 3.49. The maximum Gasteiger partial charge on any atom is 0.259 e. The van der Waals surface area contributed by atoms with Crippen molar-refractivity contribution >= 4 is 44.8 Å². The number of carbonyl (C=O) groups excluding carboxylic acids is 1. The zero-order chi connectivity index (χ0) is 15.6. The smallest absolute Gasteiger partial charge is 0.259 e. The molecule has 0 aliphatic rings. The molecular weight excluding hydrogens is 356 g/mol. The van der Waals surface area contributed by atoms with Gasteiger partial charge in [0.15, 0.2) is 0 Å². The van der Waals surface area contributed by atoms with Gasteiger partial charge in [0.1, 0.15) is 5.75 Å². The zero-order valence-corrected chi connectivity index (χ0v) is 13.9. The summed E-state index contributed by atoms with van der Waals surface area (Å²) in [5, 5.41) is 3.28. The van der Waals surface area contributed by atoms with E-state index in [1.807, 2.05) is 13.0 Å². The lowest BCUT2D eigenvalue weighted by Crippen LogP contribution is -2.15. The topological polar surface area (TPSA) is 64.3 Å². The lowest BCUT2D eigenvalue weighted by Gasteiger charge is -2.13. The minimum absolute atomic E-state index is 0.320. The van der Waals surface area contributed by atoms with Gasteiger partial charge in [0.2, 0.25) is 0 Å². The third-order valence-electron chi connectivity index (χ3n) is 2.91. The van der Waals surface area contributed by atoms with Crippen LogP contribution in [0.4, 0.5) is 11.4 Å². The second-order valence-corrected chi connectivity index (χ2v) is 5.80. The molecule has 0 saturated carbocycles. The Morgan fingerprint density at radius 2 is 2.05 bits per heavy atom. The van der Waals surface area contributed by atoms with Crippen LogP contribution < -0.4 is 15.8 Å². The number of nitrogens with two attached hydrogens (primary N) is 1. The Bertz CT molecular complexity index is 681. The Morgan fingerprint density at radius 1 is 1.33 bits per heavy atom. The minimum atomic E-state index is -0.320. The van der Waals surface area contributed by atoms with Crippen molar-refractivity contribution in [3.8, 4) is 5.75 Å². The van der Waals surface area contributed by atoms with Crippen LogP contribution in [0.2, 0.25) is 5.02 Å². The number of nitrogen functional groups attached to an aromatic ring is 1. The molecular formula is C15H14BrClN2O2. The largest absolute Gasteiger partial charge is 0.496 e. The van der Waals surface area contributed by atoms with E-state index in [1.165, 1.54) is 7.11 Å². The molecule has 0 aliphatic carbocycles. The molecule has 0 bridgehead atoms. The third-order valence-corrected chi connectivity index (χ3v) is 3.77. The number of anilines is 2. The van der Waals surface area contributed by atoms with Crippen LogP contribution in [0.3, 0.4) is 0 Å². The number of nitrogens with one attached hydrogen (secondary N) is 1. The van der Waals surface area contributed by atoms with Crippen LogP contribution in [0.15, 0.2) is 34.8 Å². The quantitative estimate of drug-likeness (QED) is 0.795. The Balaban J connectivity index is 2.35. The monoisotopic (exact) mass is 368 g/mol. The summed E-state index contributed by atoms with van der Waals surface area (Å²) in [4.78, 5) is 12.4. The van der Waals surface area contributed by atoms with E-state index in [0.717, 1.165) is 10.0 Å². The average Bonchev–Trinajstić information content (AvgIpc) is 2.42. The van der Waals surface area contributed by atoms with Crippen LogP contribution in [-0.4, -0.2) is 13.0 Å². The van der Waals surface area contributed by atoms with E-state index in [0.29, 0.717) is 27.7 Å². The van der Waals surface area contributed by atoms with Gasteiger partial charge in [-0.25, -0.2) is 0 Å². The molecule has 6 heteroatoms. The predicted molar refractivity (Wildman–Crippen MR) is 89.2 cm³/mol. The summed E-state index contributed by atoms with van der Waals surface area (Å²) in [7, 11) is 1.48. The number of benzene rings is 2. The molecule has 4 nitrogen and oxygen atoms in total. The number of hydrogen-bond donors (Lipinski definition) is 2. The van der Waals surface area contributed by atoms with Crippen molar-refractivity contribution in [1.29, 1.82) is 0 Å². The molecule has 0 heterocycles. The highest BCUT2D eigenvalue weighted by molar-refractivity contribution is 9.10. The number of ether oxygens (including phenoxy) is 1. The first-order chi connectivity index (χ1) is 9.92. The molecule has 0 fully saturated rings. The van der Waals surface area contributed by atoms with Gasteiger partial charge in [0.25, 0.3) is 5.91 Å². The highest BCUT2D eigenvalue weighted by Gasteiger charge is 2.15. The lowest BCUT2D eigenvalue weighted by atomic mass is 10.1. The van der Waals surface area contributed by atoms with E-state index in [1.54, 1.807) is 24.3 Å².